The maximum absolute atomic E-state index is 11.4. The summed E-state index contributed by atoms with van der Waals surface area (Å²) < 4.78 is 4.99. The van der Waals surface area contributed by atoms with Gasteiger partial charge in [-0.1, -0.05) is 0 Å². The molecule has 0 aliphatic rings. The number of aromatic amines is 1. The van der Waals surface area contributed by atoms with Crippen LogP contribution in [0.3, 0.4) is 0 Å². The highest BCUT2D eigenvalue weighted by atomic mass is 16.5. The molecule has 6 heteroatoms. The van der Waals surface area contributed by atoms with Crippen LogP contribution in [-0.2, 0) is 0 Å². The second kappa shape index (κ2) is 6.90. The van der Waals surface area contributed by atoms with Crippen molar-refractivity contribution in [3.63, 3.8) is 0 Å². The molecule has 1 aromatic rings. The van der Waals surface area contributed by atoms with Crippen LogP contribution in [0.2, 0.25) is 0 Å². The van der Waals surface area contributed by atoms with Gasteiger partial charge in [-0.15, -0.1) is 0 Å². The molecule has 0 saturated heterocycles. The number of ether oxygens (including phenoxy) is 1. The Labute approximate surface area is 101 Å². The van der Waals surface area contributed by atoms with Gasteiger partial charge < -0.3 is 19.9 Å². The van der Waals surface area contributed by atoms with E-state index in [1.165, 1.54) is 13.4 Å². The summed E-state index contributed by atoms with van der Waals surface area (Å²) in [6, 6.07) is 0. The second-order valence-electron chi connectivity index (χ2n) is 4.05. The van der Waals surface area contributed by atoms with E-state index < -0.39 is 0 Å². The summed E-state index contributed by atoms with van der Waals surface area (Å²) >= 11 is 0. The fraction of sp³-hybridized carbons (Fsp3) is 0.636. The van der Waals surface area contributed by atoms with Crippen LogP contribution in [0.4, 0.5) is 5.82 Å². The van der Waals surface area contributed by atoms with E-state index in [9.17, 15) is 4.79 Å². The number of hydrogen-bond donors (Lipinski definition) is 2. The van der Waals surface area contributed by atoms with Crippen molar-refractivity contribution >= 4 is 5.82 Å². The molecule has 0 radical (unpaired) electrons. The fourth-order valence-corrected chi connectivity index (χ4v) is 1.46. The van der Waals surface area contributed by atoms with Crippen LogP contribution in [0.5, 0.6) is 5.75 Å². The Bertz CT molecular complexity index is 389. The van der Waals surface area contributed by atoms with Crippen LogP contribution < -0.4 is 15.6 Å². The van der Waals surface area contributed by atoms with Crippen LogP contribution in [0.15, 0.2) is 11.1 Å². The van der Waals surface area contributed by atoms with Crippen LogP contribution in [0.25, 0.3) is 0 Å². The third kappa shape index (κ3) is 4.44. The molecule has 2 N–H and O–H groups in total. The monoisotopic (exact) mass is 240 g/mol. The van der Waals surface area contributed by atoms with Gasteiger partial charge in [0.05, 0.1) is 13.4 Å². The maximum Gasteiger partial charge on any atom is 0.295 e. The highest BCUT2D eigenvalue weighted by molar-refractivity contribution is 5.47. The number of nitrogens with one attached hydrogen (secondary N) is 2. The van der Waals surface area contributed by atoms with Crippen LogP contribution in [0, 0.1) is 0 Å². The van der Waals surface area contributed by atoms with Crippen LogP contribution >= 0.6 is 0 Å². The van der Waals surface area contributed by atoms with Crippen LogP contribution in [0.1, 0.15) is 12.8 Å². The average Bonchev–Trinajstić information content (AvgIpc) is 2.28. The lowest BCUT2D eigenvalue weighted by atomic mass is 10.3. The van der Waals surface area contributed by atoms with Crippen molar-refractivity contribution in [1.82, 2.24) is 14.9 Å². The Balaban J connectivity index is 2.41. The number of nitrogens with zero attached hydrogens (tertiary/aromatic N) is 2. The summed E-state index contributed by atoms with van der Waals surface area (Å²) in [6.07, 6.45) is 3.49. The highest BCUT2D eigenvalue weighted by Crippen LogP contribution is 2.13. The van der Waals surface area contributed by atoms with E-state index in [4.69, 9.17) is 4.74 Å². The zero-order valence-corrected chi connectivity index (χ0v) is 10.6. The lowest BCUT2D eigenvalue weighted by molar-refractivity contribution is 0.396. The quantitative estimate of drug-likeness (QED) is 0.680. The number of anilines is 1. The molecule has 96 valence electrons. The number of aromatic nitrogens is 2. The molecule has 6 nitrogen and oxygen atoms in total. The molecule has 0 bridgehead atoms. The van der Waals surface area contributed by atoms with Gasteiger partial charge in [0.2, 0.25) is 5.75 Å². The lowest BCUT2D eigenvalue weighted by Crippen LogP contribution is -2.16. The first-order valence-electron chi connectivity index (χ1n) is 5.65. The van der Waals surface area contributed by atoms with Gasteiger partial charge in [0.25, 0.3) is 5.56 Å². The summed E-state index contributed by atoms with van der Waals surface area (Å²) in [5.74, 6) is 0.737. The molecule has 0 aliphatic heterocycles. The van der Waals surface area contributed by atoms with E-state index in [0.717, 1.165) is 25.9 Å². The van der Waals surface area contributed by atoms with E-state index in [2.05, 4.69) is 34.3 Å². The minimum Gasteiger partial charge on any atom is -0.489 e. The molecule has 0 saturated carbocycles. The van der Waals surface area contributed by atoms with Crippen molar-refractivity contribution in [3.05, 3.63) is 16.7 Å². The zero-order chi connectivity index (χ0) is 12.7. The van der Waals surface area contributed by atoms with E-state index in [0.29, 0.717) is 5.82 Å². The number of methoxy groups -OCH3 is 1. The summed E-state index contributed by atoms with van der Waals surface area (Å²) in [6.45, 7) is 1.84. The Kier molecular flexibility index (Phi) is 5.48. The van der Waals surface area contributed by atoms with Crippen molar-refractivity contribution < 1.29 is 4.74 Å². The first kappa shape index (κ1) is 13.5. The Morgan fingerprint density at radius 2 is 2.24 bits per heavy atom. The zero-order valence-electron chi connectivity index (χ0n) is 10.6. The number of rotatable bonds is 7. The maximum atomic E-state index is 11.4. The van der Waals surface area contributed by atoms with Gasteiger partial charge in [0.15, 0.2) is 5.82 Å². The standard InChI is InChI=1S/C11H20N4O2/c1-15(2)7-5-4-6-12-10-9(17-3)11(16)14-8-13-10/h8H,4-7H2,1-3H3,(H2,12,13,14,16). The number of H-pyrrole nitrogens is 1. The molecule has 0 unspecified atom stereocenters. The SMILES string of the molecule is COc1c(NCCCCN(C)C)nc[nH]c1=O. The van der Waals surface area contributed by atoms with Gasteiger partial charge in [0, 0.05) is 6.54 Å². The van der Waals surface area contributed by atoms with Gasteiger partial charge in [-0.25, -0.2) is 4.98 Å². The van der Waals surface area contributed by atoms with Gasteiger partial charge >= 0.3 is 0 Å². The molecule has 0 aromatic carbocycles. The highest BCUT2D eigenvalue weighted by Gasteiger charge is 2.07. The van der Waals surface area contributed by atoms with Crippen molar-refractivity contribution in [3.8, 4) is 5.75 Å². The molecule has 0 spiro atoms. The molecule has 17 heavy (non-hydrogen) atoms. The molecule has 0 amide bonds. The van der Waals surface area contributed by atoms with E-state index >= 15 is 0 Å². The van der Waals surface area contributed by atoms with Crippen molar-refractivity contribution in [2.24, 2.45) is 0 Å². The number of unbranched alkanes of at least 4 members (excludes halogenated alkanes) is 1. The molecule has 1 aromatic heterocycles. The normalized spacial score (nSPS) is 10.6. The minimum absolute atomic E-state index is 0.236. The van der Waals surface area contributed by atoms with E-state index in [-0.39, 0.29) is 11.3 Å². The van der Waals surface area contributed by atoms with Crippen molar-refractivity contribution in [2.75, 3.05) is 39.6 Å². The van der Waals surface area contributed by atoms with Gasteiger partial charge in [-0.3, -0.25) is 4.79 Å². The first-order chi connectivity index (χ1) is 8.15. The topological polar surface area (TPSA) is 70.2 Å². The minimum atomic E-state index is -0.265. The molecule has 1 rings (SSSR count). The van der Waals surface area contributed by atoms with E-state index in [1.807, 2.05) is 0 Å². The average molecular weight is 240 g/mol. The first-order valence-corrected chi connectivity index (χ1v) is 5.65. The molecule has 0 aliphatic carbocycles. The predicted octanol–water partition coefficient (Wildman–Crippen LogP) is 0.532. The molecule has 0 atom stereocenters. The predicted molar refractivity (Wildman–Crippen MR) is 67.7 cm³/mol. The molecule has 1 heterocycles. The van der Waals surface area contributed by atoms with Gasteiger partial charge in [-0.05, 0) is 33.5 Å². The lowest BCUT2D eigenvalue weighted by Gasteiger charge is -2.10. The van der Waals surface area contributed by atoms with Gasteiger partial charge in [-0.2, -0.15) is 0 Å². The number of hydrogen-bond acceptors (Lipinski definition) is 5. The molecular formula is C11H20N4O2. The Hall–Kier alpha value is -1.56. The molecule has 0 fully saturated rings. The second-order valence-corrected chi connectivity index (χ2v) is 4.05. The van der Waals surface area contributed by atoms with E-state index in [1.54, 1.807) is 0 Å². The van der Waals surface area contributed by atoms with Gasteiger partial charge in [0.1, 0.15) is 0 Å². The Morgan fingerprint density at radius 3 is 2.88 bits per heavy atom. The fourth-order valence-electron chi connectivity index (χ4n) is 1.46. The Morgan fingerprint density at radius 1 is 1.47 bits per heavy atom. The summed E-state index contributed by atoms with van der Waals surface area (Å²) in [4.78, 5) is 20.0. The summed E-state index contributed by atoms with van der Waals surface area (Å²) in [5.41, 5.74) is -0.265. The largest absolute Gasteiger partial charge is 0.489 e. The van der Waals surface area contributed by atoms with Crippen LogP contribution in [-0.4, -0.2) is 49.2 Å². The molecular weight excluding hydrogens is 220 g/mol. The van der Waals surface area contributed by atoms with Crippen molar-refractivity contribution in [2.45, 2.75) is 12.8 Å². The third-order valence-corrected chi connectivity index (χ3v) is 2.34. The van der Waals surface area contributed by atoms with Crippen molar-refractivity contribution in [1.29, 1.82) is 0 Å². The summed E-state index contributed by atoms with van der Waals surface area (Å²) in [7, 11) is 5.56. The summed E-state index contributed by atoms with van der Waals surface area (Å²) in [5, 5.41) is 3.10. The smallest absolute Gasteiger partial charge is 0.295 e. The third-order valence-electron chi connectivity index (χ3n) is 2.34.